The first kappa shape index (κ1) is 15.0. The van der Waals surface area contributed by atoms with Crippen LogP contribution in [0.4, 0.5) is 4.39 Å². The van der Waals surface area contributed by atoms with Gasteiger partial charge in [-0.15, -0.1) is 0 Å². The van der Waals surface area contributed by atoms with Gasteiger partial charge in [0.1, 0.15) is 11.7 Å². The first-order chi connectivity index (χ1) is 9.45. The zero-order valence-corrected chi connectivity index (χ0v) is 12.4. The van der Waals surface area contributed by atoms with Gasteiger partial charge in [0.25, 0.3) is 0 Å². The number of nitrogens with zero attached hydrogens (tertiary/aromatic N) is 1. The lowest BCUT2D eigenvalue weighted by molar-refractivity contribution is 0.109. The number of nitrogens with one attached hydrogen (secondary N) is 1. The minimum Gasteiger partial charge on any atom is -0.384 e. The third-order valence-electron chi connectivity index (χ3n) is 4.68. The van der Waals surface area contributed by atoms with Gasteiger partial charge in [0.2, 0.25) is 0 Å². The Balaban J connectivity index is 2.05. The summed E-state index contributed by atoms with van der Waals surface area (Å²) in [6.07, 6.45) is 3.53. The van der Waals surface area contributed by atoms with Gasteiger partial charge in [-0.3, -0.25) is 10.3 Å². The third-order valence-corrected chi connectivity index (χ3v) is 4.68. The molecule has 110 valence electrons. The summed E-state index contributed by atoms with van der Waals surface area (Å²) in [5.74, 6) is -0.551. The molecule has 0 aromatic heterocycles. The molecule has 1 heterocycles. The van der Waals surface area contributed by atoms with Crippen molar-refractivity contribution in [2.75, 3.05) is 13.1 Å². The molecule has 1 fully saturated rings. The average molecular weight is 277 g/mol. The van der Waals surface area contributed by atoms with Crippen LogP contribution in [0.1, 0.15) is 44.2 Å². The van der Waals surface area contributed by atoms with Gasteiger partial charge in [-0.1, -0.05) is 32.4 Å². The lowest BCUT2D eigenvalue weighted by Crippen LogP contribution is -2.38. The van der Waals surface area contributed by atoms with Crippen molar-refractivity contribution < 1.29 is 4.39 Å². The van der Waals surface area contributed by atoms with Crippen LogP contribution in [0.5, 0.6) is 0 Å². The predicted molar refractivity (Wildman–Crippen MR) is 80.3 cm³/mol. The van der Waals surface area contributed by atoms with Gasteiger partial charge < -0.3 is 5.73 Å². The van der Waals surface area contributed by atoms with Crippen LogP contribution in [0.15, 0.2) is 18.2 Å². The number of nitrogen functional groups attached to an aromatic ring is 1. The number of likely N-dealkylation sites (tertiary alicyclic amines) is 1. The van der Waals surface area contributed by atoms with Crippen molar-refractivity contribution in [1.82, 2.24) is 4.90 Å². The van der Waals surface area contributed by atoms with Gasteiger partial charge in [-0.25, -0.2) is 4.39 Å². The van der Waals surface area contributed by atoms with Crippen LogP contribution in [0.3, 0.4) is 0 Å². The zero-order valence-electron chi connectivity index (χ0n) is 12.4. The van der Waals surface area contributed by atoms with Gasteiger partial charge in [0.15, 0.2) is 0 Å². The number of amidine groups is 1. The fourth-order valence-corrected chi connectivity index (χ4v) is 2.76. The summed E-state index contributed by atoms with van der Waals surface area (Å²) in [4.78, 5) is 2.29. The van der Waals surface area contributed by atoms with E-state index >= 15 is 0 Å². The van der Waals surface area contributed by atoms with E-state index in [4.69, 9.17) is 11.1 Å². The Morgan fingerprint density at radius 3 is 2.60 bits per heavy atom. The molecule has 0 radical (unpaired) electrons. The number of rotatable bonds is 4. The Morgan fingerprint density at radius 2 is 2.05 bits per heavy atom. The summed E-state index contributed by atoms with van der Waals surface area (Å²) < 4.78 is 14.2. The summed E-state index contributed by atoms with van der Waals surface area (Å²) >= 11 is 0. The summed E-state index contributed by atoms with van der Waals surface area (Å²) in [7, 11) is 0. The molecule has 0 atom stereocenters. The molecule has 20 heavy (non-hydrogen) atoms. The van der Waals surface area contributed by atoms with E-state index in [9.17, 15) is 4.39 Å². The second kappa shape index (κ2) is 5.92. The van der Waals surface area contributed by atoms with Crippen LogP contribution in [0.2, 0.25) is 0 Å². The molecule has 1 aliphatic heterocycles. The Hall–Kier alpha value is -1.42. The molecular weight excluding hydrogens is 253 g/mol. The molecule has 0 unspecified atom stereocenters. The van der Waals surface area contributed by atoms with Crippen molar-refractivity contribution in [2.24, 2.45) is 11.1 Å². The molecule has 0 spiro atoms. The number of benzene rings is 1. The van der Waals surface area contributed by atoms with E-state index in [0.29, 0.717) is 17.5 Å². The van der Waals surface area contributed by atoms with Crippen LogP contribution < -0.4 is 5.73 Å². The topological polar surface area (TPSA) is 53.1 Å². The van der Waals surface area contributed by atoms with E-state index in [1.807, 2.05) is 0 Å². The van der Waals surface area contributed by atoms with Crippen molar-refractivity contribution in [3.63, 3.8) is 0 Å². The number of piperidine rings is 1. The summed E-state index contributed by atoms with van der Waals surface area (Å²) in [5.41, 5.74) is 6.68. The smallest absolute Gasteiger partial charge is 0.138 e. The van der Waals surface area contributed by atoms with Crippen LogP contribution in [-0.2, 0) is 6.54 Å². The number of halogens is 1. The largest absolute Gasteiger partial charge is 0.384 e. The highest BCUT2D eigenvalue weighted by molar-refractivity contribution is 5.95. The Bertz CT molecular complexity index is 490. The monoisotopic (exact) mass is 277 g/mol. The SMILES string of the molecule is CCC1(C)CCN(Cc2cccc(C(=N)N)c2F)CC1. The molecule has 0 saturated carbocycles. The van der Waals surface area contributed by atoms with Crippen LogP contribution in [-0.4, -0.2) is 23.8 Å². The van der Waals surface area contributed by atoms with E-state index in [-0.39, 0.29) is 17.2 Å². The Labute approximate surface area is 120 Å². The maximum absolute atomic E-state index is 14.2. The summed E-state index contributed by atoms with van der Waals surface area (Å²) in [6.45, 7) is 7.20. The van der Waals surface area contributed by atoms with E-state index in [1.165, 1.54) is 6.42 Å². The lowest BCUT2D eigenvalue weighted by Gasteiger charge is -2.39. The zero-order chi connectivity index (χ0) is 14.8. The number of nitrogens with two attached hydrogens (primary N) is 1. The van der Waals surface area contributed by atoms with E-state index in [2.05, 4.69) is 18.7 Å². The van der Waals surface area contributed by atoms with E-state index in [1.54, 1.807) is 18.2 Å². The second-order valence-electron chi connectivity index (χ2n) is 6.13. The van der Waals surface area contributed by atoms with Gasteiger partial charge in [0.05, 0.1) is 5.56 Å². The van der Waals surface area contributed by atoms with E-state index < -0.39 is 0 Å². The minimum absolute atomic E-state index is 0.206. The van der Waals surface area contributed by atoms with Gasteiger partial charge >= 0.3 is 0 Å². The Kier molecular flexibility index (Phi) is 4.43. The highest BCUT2D eigenvalue weighted by atomic mass is 19.1. The lowest BCUT2D eigenvalue weighted by atomic mass is 9.78. The van der Waals surface area contributed by atoms with Crippen LogP contribution in [0.25, 0.3) is 0 Å². The third kappa shape index (κ3) is 3.18. The van der Waals surface area contributed by atoms with Crippen molar-refractivity contribution in [3.05, 3.63) is 35.1 Å². The molecule has 1 aromatic carbocycles. The van der Waals surface area contributed by atoms with Gasteiger partial charge in [0, 0.05) is 12.1 Å². The normalized spacial score (nSPS) is 18.9. The molecular formula is C16H24FN3. The van der Waals surface area contributed by atoms with Crippen molar-refractivity contribution in [2.45, 2.75) is 39.7 Å². The average Bonchev–Trinajstić information content (AvgIpc) is 2.43. The molecule has 1 aliphatic rings. The highest BCUT2D eigenvalue weighted by Crippen LogP contribution is 2.34. The van der Waals surface area contributed by atoms with Crippen molar-refractivity contribution in [3.8, 4) is 0 Å². The quantitative estimate of drug-likeness (QED) is 0.656. The van der Waals surface area contributed by atoms with Crippen molar-refractivity contribution >= 4 is 5.84 Å². The van der Waals surface area contributed by atoms with E-state index in [0.717, 1.165) is 25.9 Å². The van der Waals surface area contributed by atoms with Crippen LogP contribution >= 0.6 is 0 Å². The van der Waals surface area contributed by atoms with Gasteiger partial charge in [-0.05, 0) is 37.4 Å². The molecule has 3 N–H and O–H groups in total. The highest BCUT2D eigenvalue weighted by Gasteiger charge is 2.28. The standard InChI is InChI=1S/C16H24FN3/c1-3-16(2)7-9-20(10-8-16)11-12-5-4-6-13(14(12)17)15(18)19/h4-6H,3,7-11H2,1-2H3,(H3,18,19). The van der Waals surface area contributed by atoms with Crippen molar-refractivity contribution in [1.29, 1.82) is 5.41 Å². The fourth-order valence-electron chi connectivity index (χ4n) is 2.76. The van der Waals surface area contributed by atoms with Gasteiger partial charge in [-0.2, -0.15) is 0 Å². The molecule has 0 bridgehead atoms. The summed E-state index contributed by atoms with van der Waals surface area (Å²) in [6, 6.07) is 5.12. The molecule has 0 amide bonds. The molecule has 4 heteroatoms. The Morgan fingerprint density at radius 1 is 1.40 bits per heavy atom. The predicted octanol–water partition coefficient (Wildman–Crippen LogP) is 3.12. The molecule has 1 aromatic rings. The molecule has 0 aliphatic carbocycles. The molecule has 1 saturated heterocycles. The second-order valence-corrected chi connectivity index (χ2v) is 6.13. The first-order valence-corrected chi connectivity index (χ1v) is 7.29. The maximum atomic E-state index is 14.2. The summed E-state index contributed by atoms with van der Waals surface area (Å²) in [5, 5.41) is 7.39. The fraction of sp³-hybridized carbons (Fsp3) is 0.562. The number of hydrogen-bond donors (Lipinski definition) is 2. The van der Waals surface area contributed by atoms with Crippen LogP contribution in [0, 0.1) is 16.6 Å². The molecule has 2 rings (SSSR count). The minimum atomic E-state index is -0.344. The maximum Gasteiger partial charge on any atom is 0.138 e. The first-order valence-electron chi connectivity index (χ1n) is 7.29. The number of hydrogen-bond acceptors (Lipinski definition) is 2. The molecule has 3 nitrogen and oxygen atoms in total.